The van der Waals surface area contributed by atoms with Gasteiger partial charge in [0.25, 0.3) is 5.56 Å². The molecule has 0 spiro atoms. The minimum Gasteiger partial charge on any atom is -0.382 e. The first-order valence-electron chi connectivity index (χ1n) is 11.9. The van der Waals surface area contributed by atoms with Crippen molar-refractivity contribution in [3.05, 3.63) is 57.5 Å². The number of benzene rings is 1. The maximum Gasteiger partial charge on any atom is 0.268 e. The number of rotatable bonds is 9. The zero-order valence-corrected chi connectivity index (χ0v) is 23.3. The van der Waals surface area contributed by atoms with Crippen LogP contribution >= 0.6 is 11.6 Å². The Balaban J connectivity index is 1.75. The van der Waals surface area contributed by atoms with E-state index >= 15 is 0 Å². The van der Waals surface area contributed by atoms with Crippen molar-refractivity contribution in [1.29, 1.82) is 5.26 Å². The molecule has 1 aromatic carbocycles. The van der Waals surface area contributed by atoms with Gasteiger partial charge in [0.2, 0.25) is 5.95 Å². The van der Waals surface area contributed by atoms with Crippen molar-refractivity contribution >= 4 is 48.2 Å². The van der Waals surface area contributed by atoms with Gasteiger partial charge in [-0.25, -0.2) is 14.5 Å². The lowest BCUT2D eigenvalue weighted by Gasteiger charge is -2.20. The quantitative estimate of drug-likeness (QED) is 0.205. The van der Waals surface area contributed by atoms with Gasteiger partial charge >= 0.3 is 0 Å². The first-order chi connectivity index (χ1) is 18.0. The molecule has 38 heavy (non-hydrogen) atoms. The SMILES string of the molecule is CC(Nc1nc(N)nc(N)c1C#N)c1nc2cccc(Cl)c2c(=O)n1-c1cn(COCC[Si](C)(C)C)cn1. The fraction of sp³-hybridized carbons (Fsp3) is 0.333. The molecule has 198 valence electrons. The van der Waals surface area contributed by atoms with Crippen LogP contribution in [0.25, 0.3) is 16.7 Å². The molecule has 0 saturated carbocycles. The summed E-state index contributed by atoms with van der Waals surface area (Å²) < 4.78 is 8.96. The van der Waals surface area contributed by atoms with Crippen molar-refractivity contribution in [2.75, 3.05) is 23.4 Å². The number of hydrogen-bond acceptors (Lipinski definition) is 10. The number of nitriles is 1. The molecule has 0 bridgehead atoms. The van der Waals surface area contributed by atoms with Crippen molar-refractivity contribution in [2.24, 2.45) is 0 Å². The van der Waals surface area contributed by atoms with Gasteiger partial charge in [0, 0.05) is 14.7 Å². The van der Waals surface area contributed by atoms with Gasteiger partial charge in [0.15, 0.2) is 11.6 Å². The van der Waals surface area contributed by atoms with Crippen LogP contribution in [0.2, 0.25) is 30.7 Å². The highest BCUT2D eigenvalue weighted by Crippen LogP contribution is 2.26. The van der Waals surface area contributed by atoms with Crippen LogP contribution in [-0.4, -0.2) is 43.8 Å². The second kappa shape index (κ2) is 10.8. The van der Waals surface area contributed by atoms with E-state index in [1.165, 1.54) is 4.57 Å². The molecule has 0 aliphatic carbocycles. The van der Waals surface area contributed by atoms with Crippen LogP contribution in [0.5, 0.6) is 0 Å². The van der Waals surface area contributed by atoms with Crippen LogP contribution in [0.15, 0.2) is 35.5 Å². The molecular weight excluding hydrogens is 524 g/mol. The van der Waals surface area contributed by atoms with E-state index in [1.54, 1.807) is 42.2 Å². The van der Waals surface area contributed by atoms with E-state index in [-0.39, 0.29) is 33.6 Å². The van der Waals surface area contributed by atoms with E-state index < -0.39 is 19.7 Å². The van der Waals surface area contributed by atoms with Gasteiger partial charge in [0.1, 0.15) is 30.0 Å². The summed E-state index contributed by atoms with van der Waals surface area (Å²) in [5.41, 5.74) is 11.7. The molecular formula is C24H29ClN10O2Si. The molecule has 4 rings (SSSR count). The minimum atomic E-state index is -1.22. The lowest BCUT2D eigenvalue weighted by molar-refractivity contribution is 0.0871. The molecule has 0 radical (unpaired) electrons. The Morgan fingerprint density at radius 1 is 1.24 bits per heavy atom. The topological polar surface area (TPSA) is 176 Å². The number of nitrogens with one attached hydrogen (secondary N) is 1. The van der Waals surface area contributed by atoms with Crippen LogP contribution in [-0.2, 0) is 11.5 Å². The molecule has 5 N–H and O–H groups in total. The molecule has 3 heterocycles. The predicted octanol–water partition coefficient (Wildman–Crippen LogP) is 3.55. The van der Waals surface area contributed by atoms with Gasteiger partial charge < -0.3 is 26.1 Å². The van der Waals surface area contributed by atoms with E-state index in [0.29, 0.717) is 30.5 Å². The number of nitrogens with two attached hydrogens (primary N) is 2. The summed E-state index contributed by atoms with van der Waals surface area (Å²) in [5, 5.41) is 13.2. The lowest BCUT2D eigenvalue weighted by Crippen LogP contribution is -2.28. The lowest BCUT2D eigenvalue weighted by atomic mass is 10.2. The minimum absolute atomic E-state index is 0.0310. The van der Waals surface area contributed by atoms with Gasteiger partial charge in [-0.05, 0) is 25.1 Å². The summed E-state index contributed by atoms with van der Waals surface area (Å²) in [4.78, 5) is 30.9. The van der Waals surface area contributed by atoms with Crippen molar-refractivity contribution in [3.63, 3.8) is 0 Å². The van der Waals surface area contributed by atoms with Crippen molar-refractivity contribution in [2.45, 2.75) is 45.4 Å². The van der Waals surface area contributed by atoms with Crippen LogP contribution in [0.4, 0.5) is 17.6 Å². The molecule has 1 unspecified atom stereocenters. The summed E-state index contributed by atoms with van der Waals surface area (Å²) in [5.74, 6) is 0.620. The normalized spacial score (nSPS) is 12.4. The third-order valence-corrected chi connectivity index (χ3v) is 7.78. The average molecular weight is 553 g/mol. The highest BCUT2D eigenvalue weighted by atomic mass is 35.5. The molecule has 1 atom stereocenters. The van der Waals surface area contributed by atoms with Gasteiger partial charge in [0.05, 0.1) is 34.5 Å². The Hall–Kier alpha value is -3.99. The average Bonchev–Trinajstić information content (AvgIpc) is 3.29. The number of fused-ring (bicyclic) bond motifs is 1. The molecule has 3 aromatic heterocycles. The smallest absolute Gasteiger partial charge is 0.268 e. The summed E-state index contributed by atoms with van der Waals surface area (Å²) in [6, 6.07) is 7.44. The molecule has 0 amide bonds. The number of ether oxygens (including phenoxy) is 1. The predicted molar refractivity (Wildman–Crippen MR) is 150 cm³/mol. The van der Waals surface area contributed by atoms with Gasteiger partial charge in [-0.3, -0.25) is 4.79 Å². The Kier molecular flexibility index (Phi) is 7.67. The molecule has 4 aromatic rings. The number of nitrogen functional groups attached to an aromatic ring is 2. The first-order valence-corrected chi connectivity index (χ1v) is 16.0. The first kappa shape index (κ1) is 27.1. The van der Waals surface area contributed by atoms with Crippen LogP contribution < -0.4 is 22.3 Å². The van der Waals surface area contributed by atoms with E-state index in [1.807, 2.05) is 6.07 Å². The van der Waals surface area contributed by atoms with Crippen molar-refractivity contribution in [3.8, 4) is 11.9 Å². The molecule has 12 nitrogen and oxygen atoms in total. The van der Waals surface area contributed by atoms with E-state index in [0.717, 1.165) is 6.04 Å². The molecule has 0 aliphatic heterocycles. The van der Waals surface area contributed by atoms with E-state index in [2.05, 4.69) is 39.9 Å². The summed E-state index contributed by atoms with van der Waals surface area (Å²) in [6.07, 6.45) is 3.30. The Morgan fingerprint density at radius 2 is 2.00 bits per heavy atom. The Labute approximate surface area is 225 Å². The van der Waals surface area contributed by atoms with Crippen LogP contribution in [0.1, 0.15) is 24.4 Å². The van der Waals surface area contributed by atoms with Gasteiger partial charge in [-0.15, -0.1) is 0 Å². The van der Waals surface area contributed by atoms with Gasteiger partial charge in [-0.2, -0.15) is 15.2 Å². The zero-order chi connectivity index (χ0) is 27.6. The molecule has 0 aliphatic rings. The zero-order valence-electron chi connectivity index (χ0n) is 21.6. The van der Waals surface area contributed by atoms with Crippen LogP contribution in [0.3, 0.4) is 0 Å². The summed E-state index contributed by atoms with van der Waals surface area (Å²) >= 11 is 6.39. The molecule has 0 saturated heterocycles. The maximum atomic E-state index is 13.8. The maximum absolute atomic E-state index is 13.8. The number of nitrogens with zero attached hydrogens (tertiary/aromatic N) is 7. The van der Waals surface area contributed by atoms with Crippen molar-refractivity contribution in [1.82, 2.24) is 29.1 Å². The number of imidazole rings is 1. The summed E-state index contributed by atoms with van der Waals surface area (Å²) in [6.45, 7) is 9.57. The largest absolute Gasteiger partial charge is 0.382 e. The molecule has 0 fully saturated rings. The second-order valence-corrected chi connectivity index (χ2v) is 16.0. The fourth-order valence-corrected chi connectivity index (χ4v) is 4.79. The number of halogens is 1. The highest BCUT2D eigenvalue weighted by molar-refractivity contribution is 6.76. The number of anilines is 3. The van der Waals surface area contributed by atoms with E-state index in [4.69, 9.17) is 32.8 Å². The molecule has 14 heteroatoms. The number of aromatic nitrogens is 6. The Morgan fingerprint density at radius 3 is 2.71 bits per heavy atom. The highest BCUT2D eigenvalue weighted by Gasteiger charge is 2.23. The van der Waals surface area contributed by atoms with E-state index in [9.17, 15) is 10.1 Å². The second-order valence-electron chi connectivity index (χ2n) is 10.0. The van der Waals surface area contributed by atoms with Crippen LogP contribution in [0, 0.1) is 11.3 Å². The van der Waals surface area contributed by atoms with Crippen molar-refractivity contribution < 1.29 is 4.74 Å². The third-order valence-electron chi connectivity index (χ3n) is 5.76. The fourth-order valence-electron chi connectivity index (χ4n) is 3.78. The Bertz CT molecular complexity index is 1590. The monoisotopic (exact) mass is 552 g/mol. The summed E-state index contributed by atoms with van der Waals surface area (Å²) in [7, 11) is -1.22. The number of hydrogen-bond donors (Lipinski definition) is 3. The standard InChI is InChI=1S/C24H29ClN10O2Si/c1-14(30-21-15(10-26)20(27)32-24(28)33-21)22-31-17-7-5-6-16(25)19(17)23(36)35(22)18-11-34(12-29-18)13-37-8-9-38(2,3)4/h5-7,11-12,14H,8-9,13H2,1-4H3,(H5,27,28,30,32,33). The van der Waals surface area contributed by atoms with Gasteiger partial charge in [-0.1, -0.05) is 37.3 Å². The third kappa shape index (κ3) is 5.77.